The molecule has 4 aromatic rings. The molecule has 4 nitrogen and oxygen atoms in total. The van der Waals surface area contributed by atoms with Crippen molar-refractivity contribution >= 4 is 21.9 Å². The molecule has 22 heavy (non-hydrogen) atoms. The Labute approximate surface area is 128 Å². The Bertz CT molecular complexity index is 994. The molecule has 0 saturated carbocycles. The number of hydrogen-bond donors (Lipinski definition) is 1. The van der Waals surface area contributed by atoms with E-state index in [0.29, 0.717) is 0 Å². The smallest absolute Gasteiger partial charge is 0.140 e. The molecule has 0 spiro atoms. The lowest BCUT2D eigenvalue weighted by Gasteiger charge is -1.98. The van der Waals surface area contributed by atoms with Crippen molar-refractivity contribution in [2.24, 2.45) is 7.05 Å². The number of nitrogens with zero attached hydrogens (tertiary/aromatic N) is 2. The minimum absolute atomic E-state index is 0.831. The quantitative estimate of drug-likeness (QED) is 0.605. The molecule has 0 fully saturated rings. The van der Waals surface area contributed by atoms with Gasteiger partial charge in [-0.2, -0.15) is 0 Å². The number of imidazole rings is 1. The third kappa shape index (κ3) is 1.73. The Balaban J connectivity index is 2.01. The molecule has 0 amide bonds. The van der Waals surface area contributed by atoms with Gasteiger partial charge in [-0.05, 0) is 25.1 Å². The number of aromatic nitrogens is 3. The van der Waals surface area contributed by atoms with Gasteiger partial charge in [-0.15, -0.1) is 0 Å². The summed E-state index contributed by atoms with van der Waals surface area (Å²) in [7, 11) is 3.76. The molecule has 0 radical (unpaired) electrons. The predicted octanol–water partition coefficient (Wildman–Crippen LogP) is 4.04. The average molecular weight is 291 g/mol. The number of benzene rings is 2. The standard InChI is InChI=1S/C18H17N3O/c1-11-17(13-6-4-5-7-16(13)21(11)2)18-19-14-9-8-12(22-3)10-15(14)20-18/h4-10H,1-3H3,(H,19,20). The molecule has 2 aromatic carbocycles. The lowest BCUT2D eigenvalue weighted by molar-refractivity contribution is 0.415. The van der Waals surface area contributed by atoms with Crippen molar-refractivity contribution in [2.45, 2.75) is 6.92 Å². The van der Waals surface area contributed by atoms with Gasteiger partial charge in [0.05, 0.1) is 18.1 Å². The van der Waals surface area contributed by atoms with Gasteiger partial charge in [0, 0.05) is 35.3 Å². The van der Waals surface area contributed by atoms with E-state index in [1.165, 1.54) is 16.6 Å². The molecule has 110 valence electrons. The SMILES string of the molecule is COc1ccc2nc(-c3c(C)n(C)c4ccccc34)[nH]c2c1. The molecule has 0 aliphatic rings. The molecular weight excluding hydrogens is 274 g/mol. The number of rotatable bonds is 2. The van der Waals surface area contributed by atoms with Gasteiger partial charge < -0.3 is 14.3 Å². The van der Waals surface area contributed by atoms with Crippen LogP contribution < -0.4 is 4.74 Å². The van der Waals surface area contributed by atoms with Crippen molar-refractivity contribution in [1.82, 2.24) is 14.5 Å². The fraction of sp³-hybridized carbons (Fsp3) is 0.167. The lowest BCUT2D eigenvalue weighted by Crippen LogP contribution is -1.90. The number of para-hydroxylation sites is 1. The highest BCUT2D eigenvalue weighted by atomic mass is 16.5. The van der Waals surface area contributed by atoms with Crippen LogP contribution in [0.15, 0.2) is 42.5 Å². The summed E-state index contributed by atoms with van der Waals surface area (Å²) in [5.41, 5.74) is 5.51. The van der Waals surface area contributed by atoms with Crippen LogP contribution in [0.4, 0.5) is 0 Å². The zero-order chi connectivity index (χ0) is 15.3. The van der Waals surface area contributed by atoms with Crippen molar-refractivity contribution in [3.05, 3.63) is 48.2 Å². The van der Waals surface area contributed by atoms with Crippen molar-refractivity contribution in [1.29, 1.82) is 0 Å². The fourth-order valence-corrected chi connectivity index (χ4v) is 3.05. The first kappa shape index (κ1) is 13.0. The molecule has 0 aliphatic carbocycles. The van der Waals surface area contributed by atoms with Crippen LogP contribution in [0.5, 0.6) is 5.75 Å². The third-order valence-electron chi connectivity index (χ3n) is 4.33. The molecule has 0 unspecified atom stereocenters. The summed E-state index contributed by atoms with van der Waals surface area (Å²) in [5, 5.41) is 1.22. The Hall–Kier alpha value is -2.75. The molecule has 0 bridgehead atoms. The number of fused-ring (bicyclic) bond motifs is 2. The maximum Gasteiger partial charge on any atom is 0.140 e. The van der Waals surface area contributed by atoms with Crippen molar-refractivity contribution < 1.29 is 4.74 Å². The van der Waals surface area contributed by atoms with Gasteiger partial charge in [-0.1, -0.05) is 18.2 Å². The van der Waals surface area contributed by atoms with Crippen molar-refractivity contribution in [2.75, 3.05) is 7.11 Å². The topological polar surface area (TPSA) is 42.8 Å². The van der Waals surface area contributed by atoms with Crippen LogP contribution in [0.3, 0.4) is 0 Å². The van der Waals surface area contributed by atoms with E-state index in [0.717, 1.165) is 28.2 Å². The van der Waals surface area contributed by atoms with E-state index in [9.17, 15) is 0 Å². The molecule has 1 N–H and O–H groups in total. The second kappa shape index (κ2) is 4.63. The van der Waals surface area contributed by atoms with E-state index in [1.807, 2.05) is 18.2 Å². The van der Waals surface area contributed by atoms with E-state index in [-0.39, 0.29) is 0 Å². The van der Waals surface area contributed by atoms with Crippen molar-refractivity contribution in [3.8, 4) is 17.1 Å². The summed E-state index contributed by atoms with van der Waals surface area (Å²) in [6, 6.07) is 14.3. The molecule has 4 heteroatoms. The van der Waals surface area contributed by atoms with E-state index < -0.39 is 0 Å². The molecule has 0 saturated heterocycles. The van der Waals surface area contributed by atoms with Crippen LogP contribution in [-0.4, -0.2) is 21.6 Å². The summed E-state index contributed by atoms with van der Waals surface area (Å²) in [6.45, 7) is 2.13. The van der Waals surface area contributed by atoms with E-state index in [4.69, 9.17) is 9.72 Å². The molecule has 2 aromatic heterocycles. The summed E-state index contributed by atoms with van der Waals surface area (Å²) in [5.74, 6) is 1.73. The summed E-state index contributed by atoms with van der Waals surface area (Å²) in [4.78, 5) is 8.19. The number of methoxy groups -OCH3 is 1. The first-order valence-electron chi connectivity index (χ1n) is 7.27. The maximum atomic E-state index is 5.28. The Kier molecular flexibility index (Phi) is 2.73. The zero-order valence-electron chi connectivity index (χ0n) is 12.8. The van der Waals surface area contributed by atoms with Crippen LogP contribution in [0, 0.1) is 6.92 Å². The monoisotopic (exact) mass is 291 g/mol. The predicted molar refractivity (Wildman–Crippen MR) is 89.3 cm³/mol. The van der Waals surface area contributed by atoms with Gasteiger partial charge in [0.1, 0.15) is 11.6 Å². The molecular formula is C18H17N3O. The first-order valence-corrected chi connectivity index (χ1v) is 7.27. The number of aromatic amines is 1. The van der Waals surface area contributed by atoms with E-state index >= 15 is 0 Å². The summed E-state index contributed by atoms with van der Waals surface area (Å²) >= 11 is 0. The van der Waals surface area contributed by atoms with Gasteiger partial charge in [0.2, 0.25) is 0 Å². The molecule has 0 atom stereocenters. The van der Waals surface area contributed by atoms with Crippen LogP contribution in [0.1, 0.15) is 5.69 Å². The second-order valence-electron chi connectivity index (χ2n) is 5.51. The fourth-order valence-electron chi connectivity index (χ4n) is 3.05. The van der Waals surface area contributed by atoms with Gasteiger partial charge in [0.15, 0.2) is 0 Å². The van der Waals surface area contributed by atoms with E-state index in [2.05, 4.69) is 47.8 Å². The Morgan fingerprint density at radius 2 is 1.95 bits per heavy atom. The van der Waals surface area contributed by atoms with E-state index in [1.54, 1.807) is 7.11 Å². The minimum atomic E-state index is 0.831. The van der Waals surface area contributed by atoms with Gasteiger partial charge in [-0.3, -0.25) is 0 Å². The van der Waals surface area contributed by atoms with Crippen LogP contribution in [0.25, 0.3) is 33.3 Å². The molecule has 0 aliphatic heterocycles. The molecule has 4 rings (SSSR count). The summed E-state index contributed by atoms with van der Waals surface area (Å²) < 4.78 is 7.49. The third-order valence-corrected chi connectivity index (χ3v) is 4.33. The number of nitrogens with one attached hydrogen (secondary N) is 1. The minimum Gasteiger partial charge on any atom is -0.497 e. The molecule has 2 heterocycles. The number of H-pyrrole nitrogens is 1. The highest BCUT2D eigenvalue weighted by Gasteiger charge is 2.16. The summed E-state index contributed by atoms with van der Waals surface area (Å²) in [6.07, 6.45) is 0. The van der Waals surface area contributed by atoms with Crippen LogP contribution in [-0.2, 0) is 7.05 Å². The zero-order valence-corrected chi connectivity index (χ0v) is 12.8. The number of aryl methyl sites for hydroxylation is 1. The second-order valence-corrected chi connectivity index (χ2v) is 5.51. The maximum absolute atomic E-state index is 5.28. The van der Waals surface area contributed by atoms with Gasteiger partial charge >= 0.3 is 0 Å². The number of hydrogen-bond acceptors (Lipinski definition) is 2. The van der Waals surface area contributed by atoms with Crippen molar-refractivity contribution in [3.63, 3.8) is 0 Å². The number of ether oxygens (including phenoxy) is 1. The van der Waals surface area contributed by atoms with Gasteiger partial charge in [0.25, 0.3) is 0 Å². The van der Waals surface area contributed by atoms with Crippen LogP contribution >= 0.6 is 0 Å². The Morgan fingerprint density at radius 1 is 1.14 bits per heavy atom. The highest BCUT2D eigenvalue weighted by Crippen LogP contribution is 2.33. The highest BCUT2D eigenvalue weighted by molar-refractivity contribution is 5.97. The van der Waals surface area contributed by atoms with Crippen LogP contribution in [0.2, 0.25) is 0 Å². The first-order chi connectivity index (χ1) is 10.7. The van der Waals surface area contributed by atoms with Gasteiger partial charge in [-0.25, -0.2) is 4.98 Å². The average Bonchev–Trinajstić information content (AvgIpc) is 3.06. The Morgan fingerprint density at radius 3 is 2.77 bits per heavy atom. The largest absolute Gasteiger partial charge is 0.497 e. The normalized spacial score (nSPS) is 11.4. The lowest BCUT2D eigenvalue weighted by atomic mass is 10.1.